The topological polar surface area (TPSA) is 46.1 Å². The van der Waals surface area contributed by atoms with Gasteiger partial charge in [-0.25, -0.2) is 0 Å². The van der Waals surface area contributed by atoms with Crippen molar-refractivity contribution in [2.75, 3.05) is 0 Å². The van der Waals surface area contributed by atoms with Crippen LogP contribution in [0.1, 0.15) is 50.7 Å². The summed E-state index contributed by atoms with van der Waals surface area (Å²) in [5.74, 6) is 0.363. The second-order valence-corrected chi connectivity index (χ2v) is 5.42. The first-order valence-corrected chi connectivity index (χ1v) is 8.18. The predicted molar refractivity (Wildman–Crippen MR) is 94.8 cm³/mol. The van der Waals surface area contributed by atoms with Gasteiger partial charge >= 0.3 is 48.9 Å². The Morgan fingerprint density at radius 2 is 1.00 bits per heavy atom. The normalized spacial score (nSPS) is 9.48. The van der Waals surface area contributed by atoms with Crippen molar-refractivity contribution >= 4 is 48.9 Å². The molecule has 23 heavy (non-hydrogen) atoms. The summed E-state index contributed by atoms with van der Waals surface area (Å²) in [6.07, 6.45) is 6.37. The molecule has 0 N–H and O–H groups in total. The fourth-order valence-corrected chi connectivity index (χ4v) is 2.16. The zero-order valence-corrected chi connectivity index (χ0v) is 18.8. The Kier molecular flexibility index (Phi) is 13.8. The van der Waals surface area contributed by atoms with Crippen molar-refractivity contribution in [1.82, 2.24) is 0 Å². The first-order valence-electron chi connectivity index (χ1n) is 8.18. The van der Waals surface area contributed by atoms with E-state index in [1.807, 2.05) is 24.3 Å². The average Bonchev–Trinajstić information content (AvgIpc) is 2.54. The molecule has 0 saturated carbocycles. The van der Waals surface area contributed by atoms with Crippen LogP contribution >= 0.6 is 0 Å². The third kappa shape index (κ3) is 9.48. The van der Waals surface area contributed by atoms with Gasteiger partial charge in [0.2, 0.25) is 0 Å². The Morgan fingerprint density at radius 3 is 1.30 bits per heavy atom. The number of hydrogen-bond acceptors (Lipinski definition) is 2. The van der Waals surface area contributed by atoms with Crippen LogP contribution in [0.4, 0.5) is 0 Å². The fraction of sp³-hybridized carbons (Fsp3) is 0.400. The van der Waals surface area contributed by atoms with Crippen LogP contribution in [-0.4, -0.2) is 48.9 Å². The molecular weight excluding hydrogens is 410 g/mol. The largest absolute Gasteiger partial charge is 2.00 e. The van der Waals surface area contributed by atoms with E-state index in [-0.39, 0.29) is 60.4 Å². The van der Waals surface area contributed by atoms with Crippen LogP contribution in [0.25, 0.3) is 0 Å². The Balaban J connectivity index is 0.000000403. The molecule has 0 aromatic heterocycles. The molecule has 2 aromatic carbocycles. The maximum atomic E-state index is 11.1. The fourth-order valence-electron chi connectivity index (χ4n) is 2.16. The summed E-state index contributed by atoms with van der Waals surface area (Å²) in [4.78, 5) is 0. The van der Waals surface area contributed by atoms with Crippen LogP contribution in [0.15, 0.2) is 48.5 Å². The van der Waals surface area contributed by atoms with Crippen molar-refractivity contribution in [3.63, 3.8) is 0 Å². The van der Waals surface area contributed by atoms with Crippen molar-refractivity contribution in [3.05, 3.63) is 59.7 Å². The molecule has 0 radical (unpaired) electrons. The second-order valence-electron chi connectivity index (χ2n) is 5.42. The first kappa shape index (κ1) is 22.6. The van der Waals surface area contributed by atoms with Crippen LogP contribution in [-0.2, 0) is 12.8 Å². The number of hydrogen-bond donors (Lipinski definition) is 0. The average molecular weight is 436 g/mol. The molecule has 2 nitrogen and oxygen atoms in total. The van der Waals surface area contributed by atoms with Crippen molar-refractivity contribution in [2.45, 2.75) is 52.4 Å². The SMILES string of the molecule is CCCCc1ccccc1[O-].CCCCc1ccccc1[O-].[Ba+2]. The quantitative estimate of drug-likeness (QED) is 0.648. The standard InChI is InChI=1S/2C10H14O.Ba/c2*1-2-3-6-9-7-4-5-8-10(9)11;/h2*4-5,7-8,11H,2-3,6H2,1H3;/q;;+2/p-2. The smallest absolute Gasteiger partial charge is 0.872 e. The summed E-state index contributed by atoms with van der Waals surface area (Å²) in [6.45, 7) is 4.26. The molecular formula is C20H26BaO2. The molecule has 0 aliphatic heterocycles. The molecule has 0 spiro atoms. The molecule has 120 valence electrons. The molecule has 0 atom stereocenters. The summed E-state index contributed by atoms with van der Waals surface area (Å²) in [6, 6.07) is 14.5. The van der Waals surface area contributed by atoms with Crippen LogP contribution in [0.5, 0.6) is 11.5 Å². The van der Waals surface area contributed by atoms with Crippen molar-refractivity contribution < 1.29 is 10.2 Å². The van der Waals surface area contributed by atoms with Crippen LogP contribution in [0.2, 0.25) is 0 Å². The third-order valence-electron chi connectivity index (χ3n) is 3.54. The number of rotatable bonds is 6. The van der Waals surface area contributed by atoms with E-state index < -0.39 is 0 Å². The van der Waals surface area contributed by atoms with Gasteiger partial charge in [0.1, 0.15) is 0 Å². The van der Waals surface area contributed by atoms with Gasteiger partial charge in [-0.05, 0) is 25.7 Å². The second kappa shape index (κ2) is 14.0. The van der Waals surface area contributed by atoms with Gasteiger partial charge in [-0.3, -0.25) is 0 Å². The van der Waals surface area contributed by atoms with Gasteiger partial charge in [-0.15, -0.1) is 11.5 Å². The zero-order chi connectivity index (χ0) is 16.2. The third-order valence-corrected chi connectivity index (χ3v) is 3.54. The molecule has 0 aliphatic carbocycles. The molecule has 0 unspecified atom stereocenters. The molecule has 0 aliphatic rings. The Morgan fingerprint density at radius 1 is 0.652 bits per heavy atom. The van der Waals surface area contributed by atoms with E-state index in [2.05, 4.69) is 13.8 Å². The monoisotopic (exact) mass is 436 g/mol. The number of benzene rings is 2. The predicted octanol–water partition coefficient (Wildman–Crippen LogP) is 3.82. The van der Waals surface area contributed by atoms with Gasteiger partial charge in [0.05, 0.1) is 0 Å². The summed E-state index contributed by atoms with van der Waals surface area (Å²) < 4.78 is 0. The zero-order valence-electron chi connectivity index (χ0n) is 14.4. The van der Waals surface area contributed by atoms with Crippen LogP contribution < -0.4 is 10.2 Å². The van der Waals surface area contributed by atoms with Gasteiger partial charge in [-0.2, -0.15) is 0 Å². The van der Waals surface area contributed by atoms with Crippen molar-refractivity contribution in [1.29, 1.82) is 0 Å². The minimum absolute atomic E-state index is 0. The van der Waals surface area contributed by atoms with Gasteiger partial charge in [-0.1, -0.05) is 86.3 Å². The van der Waals surface area contributed by atoms with E-state index >= 15 is 0 Å². The molecule has 0 saturated heterocycles. The van der Waals surface area contributed by atoms with E-state index in [1.54, 1.807) is 24.3 Å². The van der Waals surface area contributed by atoms with Gasteiger partial charge in [0.25, 0.3) is 0 Å². The molecule has 0 heterocycles. The number of para-hydroxylation sites is 2. The molecule has 0 fully saturated rings. The minimum atomic E-state index is 0. The van der Waals surface area contributed by atoms with E-state index in [0.717, 1.165) is 49.7 Å². The van der Waals surface area contributed by atoms with Crippen molar-refractivity contribution in [2.24, 2.45) is 0 Å². The molecule has 2 aromatic rings. The minimum Gasteiger partial charge on any atom is -0.872 e. The summed E-state index contributed by atoms with van der Waals surface area (Å²) in [5.41, 5.74) is 1.91. The number of aryl methyl sites for hydroxylation is 2. The summed E-state index contributed by atoms with van der Waals surface area (Å²) >= 11 is 0. The maximum Gasteiger partial charge on any atom is 2.00 e. The van der Waals surface area contributed by atoms with Gasteiger partial charge < -0.3 is 10.2 Å². The van der Waals surface area contributed by atoms with Gasteiger partial charge in [0, 0.05) is 0 Å². The van der Waals surface area contributed by atoms with Crippen LogP contribution in [0, 0.1) is 0 Å². The van der Waals surface area contributed by atoms with Gasteiger partial charge in [0.15, 0.2) is 0 Å². The molecule has 2 rings (SSSR count). The Hall–Kier alpha value is -0.389. The molecule has 3 heteroatoms. The first-order chi connectivity index (χ1) is 10.7. The summed E-state index contributed by atoms with van der Waals surface area (Å²) in [7, 11) is 0. The maximum absolute atomic E-state index is 11.1. The van der Waals surface area contributed by atoms with Crippen LogP contribution in [0.3, 0.4) is 0 Å². The van der Waals surface area contributed by atoms with E-state index in [0.29, 0.717) is 0 Å². The van der Waals surface area contributed by atoms with E-state index in [1.165, 1.54) is 0 Å². The summed E-state index contributed by atoms with van der Waals surface area (Å²) in [5, 5.41) is 22.3. The number of unbranched alkanes of at least 4 members (excludes halogenated alkanes) is 2. The van der Waals surface area contributed by atoms with Crippen molar-refractivity contribution in [3.8, 4) is 11.5 Å². The van der Waals surface area contributed by atoms with E-state index in [4.69, 9.17) is 0 Å². The Bertz CT molecular complexity index is 491. The molecule has 0 bridgehead atoms. The van der Waals surface area contributed by atoms with E-state index in [9.17, 15) is 10.2 Å². The molecule has 0 amide bonds. The Labute approximate surface area is 181 Å².